The molecule has 2 aromatic carbocycles. The van der Waals surface area contributed by atoms with E-state index in [1.165, 1.54) is 11.9 Å². The van der Waals surface area contributed by atoms with Gasteiger partial charge in [0, 0.05) is 5.69 Å². The van der Waals surface area contributed by atoms with E-state index in [-0.39, 0.29) is 15.9 Å². The average Bonchev–Trinajstić information content (AvgIpc) is 3.42. The third-order valence-corrected chi connectivity index (χ3v) is 8.10. The van der Waals surface area contributed by atoms with Crippen molar-refractivity contribution in [3.05, 3.63) is 60.0 Å². The first kappa shape index (κ1) is 23.7. The minimum atomic E-state index is -3.72. The quantitative estimate of drug-likeness (QED) is 0.337. The Bertz CT molecular complexity index is 1380. The summed E-state index contributed by atoms with van der Waals surface area (Å²) in [5.74, 6) is 1.23. The number of aromatic amines is 1. The Hall–Kier alpha value is -3.48. The molecule has 34 heavy (non-hydrogen) atoms. The SMILES string of the molecule is CCOc1ccc(NC(=O)N(Cc2nc3ccccc3[nH]2)c2nc(C)c(S(=O)(=O)NC)s2)cc1. The van der Waals surface area contributed by atoms with Crippen LogP contribution < -0.4 is 19.7 Å². The summed E-state index contributed by atoms with van der Waals surface area (Å²) in [6, 6.07) is 14.0. The van der Waals surface area contributed by atoms with Crippen LogP contribution in [0.15, 0.2) is 52.7 Å². The van der Waals surface area contributed by atoms with Crippen molar-refractivity contribution >= 4 is 49.2 Å². The number of para-hydroxylation sites is 2. The largest absolute Gasteiger partial charge is 0.494 e. The van der Waals surface area contributed by atoms with Gasteiger partial charge in [-0.15, -0.1) is 0 Å². The number of urea groups is 1. The van der Waals surface area contributed by atoms with Crippen LogP contribution >= 0.6 is 11.3 Å². The number of anilines is 2. The summed E-state index contributed by atoms with van der Waals surface area (Å²) in [6.07, 6.45) is 0. The van der Waals surface area contributed by atoms with E-state index in [1.807, 2.05) is 31.2 Å². The fourth-order valence-electron chi connectivity index (χ4n) is 3.27. The maximum absolute atomic E-state index is 13.3. The summed E-state index contributed by atoms with van der Waals surface area (Å²) in [4.78, 5) is 26.8. The molecular weight excluding hydrogens is 476 g/mol. The van der Waals surface area contributed by atoms with E-state index in [4.69, 9.17) is 4.74 Å². The first-order chi connectivity index (χ1) is 16.3. The predicted octanol–water partition coefficient (Wildman–Crippen LogP) is 3.87. The number of rotatable bonds is 8. The minimum absolute atomic E-state index is 0.0495. The van der Waals surface area contributed by atoms with Gasteiger partial charge < -0.3 is 15.0 Å². The Morgan fingerprint density at radius 3 is 2.56 bits per heavy atom. The lowest BCUT2D eigenvalue weighted by Crippen LogP contribution is -2.34. The Labute approximate surface area is 201 Å². The van der Waals surface area contributed by atoms with Crippen molar-refractivity contribution in [3.8, 4) is 5.75 Å². The molecule has 0 saturated carbocycles. The highest BCUT2D eigenvalue weighted by molar-refractivity contribution is 7.91. The van der Waals surface area contributed by atoms with Gasteiger partial charge in [-0.05, 0) is 57.3 Å². The molecule has 0 radical (unpaired) electrons. The molecule has 0 spiro atoms. The minimum Gasteiger partial charge on any atom is -0.494 e. The number of amides is 2. The monoisotopic (exact) mass is 500 g/mol. The average molecular weight is 501 g/mol. The second-order valence-corrected chi connectivity index (χ2v) is 10.3. The molecule has 0 fully saturated rings. The van der Waals surface area contributed by atoms with Crippen LogP contribution in [0.3, 0.4) is 0 Å². The van der Waals surface area contributed by atoms with Gasteiger partial charge in [-0.2, -0.15) is 0 Å². The van der Waals surface area contributed by atoms with Gasteiger partial charge in [0.2, 0.25) is 0 Å². The third-order valence-electron chi connectivity index (χ3n) is 4.89. The number of H-pyrrole nitrogens is 1. The van der Waals surface area contributed by atoms with E-state index in [9.17, 15) is 13.2 Å². The van der Waals surface area contributed by atoms with Crippen LogP contribution in [0, 0.1) is 6.92 Å². The number of aromatic nitrogens is 3. The van der Waals surface area contributed by atoms with Crippen LogP contribution in [0.5, 0.6) is 5.75 Å². The highest BCUT2D eigenvalue weighted by atomic mass is 32.2. The number of carbonyl (C=O) groups is 1. The summed E-state index contributed by atoms with van der Waals surface area (Å²) >= 11 is 0.915. The molecule has 10 nitrogen and oxygen atoms in total. The molecule has 0 aliphatic rings. The van der Waals surface area contributed by atoms with E-state index in [1.54, 1.807) is 31.2 Å². The van der Waals surface area contributed by atoms with E-state index in [0.29, 0.717) is 29.6 Å². The lowest BCUT2D eigenvalue weighted by molar-refractivity contribution is 0.256. The number of aryl methyl sites for hydroxylation is 1. The van der Waals surface area contributed by atoms with Gasteiger partial charge in [-0.3, -0.25) is 4.90 Å². The van der Waals surface area contributed by atoms with Gasteiger partial charge >= 0.3 is 6.03 Å². The standard InChI is InChI=1S/C22H24N6O4S2/c1-4-32-16-11-9-15(10-12-16)25-21(29)28(13-19-26-17-7-5-6-8-18(17)27-19)22-24-14(2)20(33-22)34(30,31)23-3/h5-12,23H,4,13H2,1-3H3,(H,25,29)(H,26,27). The van der Waals surface area contributed by atoms with Crippen molar-refractivity contribution < 1.29 is 17.9 Å². The number of imidazole rings is 1. The number of carbonyl (C=O) groups excluding carboxylic acids is 1. The zero-order chi connectivity index (χ0) is 24.3. The zero-order valence-electron chi connectivity index (χ0n) is 18.8. The van der Waals surface area contributed by atoms with E-state index >= 15 is 0 Å². The first-order valence-corrected chi connectivity index (χ1v) is 12.8. The van der Waals surface area contributed by atoms with E-state index in [0.717, 1.165) is 22.4 Å². The van der Waals surface area contributed by atoms with E-state index in [2.05, 4.69) is 25.0 Å². The number of benzene rings is 2. The summed E-state index contributed by atoms with van der Waals surface area (Å²) < 4.78 is 32.6. The van der Waals surface area contributed by atoms with Crippen LogP contribution in [0.25, 0.3) is 11.0 Å². The number of hydrogen-bond acceptors (Lipinski definition) is 7. The zero-order valence-corrected chi connectivity index (χ0v) is 20.5. The smallest absolute Gasteiger partial charge is 0.328 e. The molecule has 178 valence electrons. The van der Waals surface area contributed by atoms with Crippen LogP contribution in [0.1, 0.15) is 18.4 Å². The van der Waals surface area contributed by atoms with Crippen molar-refractivity contribution in [1.29, 1.82) is 0 Å². The fourth-order valence-corrected chi connectivity index (χ4v) is 5.61. The van der Waals surface area contributed by atoms with Gasteiger partial charge in [0.1, 0.15) is 11.6 Å². The summed E-state index contributed by atoms with van der Waals surface area (Å²) in [7, 11) is -2.39. The van der Waals surface area contributed by atoms with Crippen molar-refractivity contribution in [2.45, 2.75) is 24.6 Å². The molecule has 0 saturated heterocycles. The van der Waals surface area contributed by atoms with Crippen molar-refractivity contribution in [2.75, 3.05) is 23.9 Å². The van der Waals surface area contributed by atoms with Crippen LogP contribution in [0.2, 0.25) is 0 Å². The van der Waals surface area contributed by atoms with Gasteiger partial charge in [0.15, 0.2) is 9.34 Å². The summed E-state index contributed by atoms with van der Waals surface area (Å²) in [5.41, 5.74) is 2.45. The molecular formula is C22H24N6O4S2. The number of ether oxygens (including phenoxy) is 1. The summed E-state index contributed by atoms with van der Waals surface area (Å²) in [5, 5.41) is 3.07. The molecule has 0 atom stereocenters. The second-order valence-electron chi connectivity index (χ2n) is 7.25. The first-order valence-electron chi connectivity index (χ1n) is 10.5. The molecule has 3 N–H and O–H groups in total. The number of thiazole rings is 1. The lowest BCUT2D eigenvalue weighted by atomic mass is 10.3. The van der Waals surface area contributed by atoms with Crippen LogP contribution in [-0.2, 0) is 16.6 Å². The second kappa shape index (κ2) is 9.79. The molecule has 4 aromatic rings. The van der Waals surface area contributed by atoms with Crippen molar-refractivity contribution in [2.24, 2.45) is 0 Å². The number of nitrogens with zero attached hydrogens (tertiary/aromatic N) is 3. The number of sulfonamides is 1. The van der Waals surface area contributed by atoms with Crippen molar-refractivity contribution in [3.63, 3.8) is 0 Å². The maximum Gasteiger partial charge on any atom is 0.328 e. The summed E-state index contributed by atoms with van der Waals surface area (Å²) in [6.45, 7) is 4.08. The number of nitrogens with one attached hydrogen (secondary N) is 3. The third kappa shape index (κ3) is 5.03. The fraction of sp³-hybridized carbons (Fsp3) is 0.227. The number of fused-ring (bicyclic) bond motifs is 1. The molecule has 4 rings (SSSR count). The molecule has 0 aliphatic carbocycles. The highest BCUT2D eigenvalue weighted by Gasteiger charge is 2.27. The molecule has 12 heteroatoms. The highest BCUT2D eigenvalue weighted by Crippen LogP contribution is 2.31. The Kier molecular flexibility index (Phi) is 6.82. The molecule has 2 aromatic heterocycles. The van der Waals surface area contributed by atoms with Gasteiger partial charge in [-0.25, -0.2) is 27.9 Å². The molecule has 0 bridgehead atoms. The Morgan fingerprint density at radius 2 is 1.88 bits per heavy atom. The van der Waals surface area contributed by atoms with Crippen LogP contribution in [-0.4, -0.2) is 43.1 Å². The van der Waals surface area contributed by atoms with Crippen molar-refractivity contribution in [1.82, 2.24) is 19.7 Å². The molecule has 2 amide bonds. The predicted molar refractivity (Wildman–Crippen MR) is 132 cm³/mol. The van der Waals surface area contributed by atoms with Gasteiger partial charge in [0.25, 0.3) is 10.0 Å². The molecule has 0 aliphatic heterocycles. The molecule has 0 unspecified atom stereocenters. The molecule has 2 heterocycles. The normalized spacial score (nSPS) is 11.5. The van der Waals surface area contributed by atoms with E-state index < -0.39 is 16.1 Å². The Balaban J connectivity index is 1.67. The van der Waals surface area contributed by atoms with Crippen LogP contribution in [0.4, 0.5) is 15.6 Å². The topological polar surface area (TPSA) is 129 Å². The lowest BCUT2D eigenvalue weighted by Gasteiger charge is -2.19. The number of hydrogen-bond donors (Lipinski definition) is 3. The van der Waals surface area contributed by atoms with Gasteiger partial charge in [0.05, 0.1) is 29.9 Å². The van der Waals surface area contributed by atoms with Gasteiger partial charge in [-0.1, -0.05) is 23.5 Å². The maximum atomic E-state index is 13.3. The Morgan fingerprint density at radius 1 is 1.15 bits per heavy atom.